The van der Waals surface area contributed by atoms with Gasteiger partial charge < -0.3 is 19.1 Å². The van der Waals surface area contributed by atoms with Gasteiger partial charge in [0.2, 0.25) is 5.95 Å². The molecular weight excluding hydrogens is 294 g/mol. The van der Waals surface area contributed by atoms with Gasteiger partial charge in [0.1, 0.15) is 6.10 Å². The molecule has 0 amide bonds. The highest BCUT2D eigenvalue weighted by molar-refractivity contribution is 5.33. The van der Waals surface area contributed by atoms with E-state index in [0.29, 0.717) is 12.0 Å². The van der Waals surface area contributed by atoms with Crippen LogP contribution in [0.5, 0.6) is 0 Å². The first-order valence-electron chi connectivity index (χ1n) is 8.76. The second kappa shape index (κ2) is 7.11. The van der Waals surface area contributed by atoms with Gasteiger partial charge in [0.05, 0.1) is 25.4 Å². The third-order valence-corrected chi connectivity index (χ3v) is 5.23. The van der Waals surface area contributed by atoms with Gasteiger partial charge in [-0.05, 0) is 37.7 Å². The Balaban J connectivity index is 1.37. The van der Waals surface area contributed by atoms with E-state index in [0.717, 1.165) is 64.6 Å². The molecule has 2 saturated heterocycles. The lowest BCUT2D eigenvalue weighted by Crippen LogP contribution is -2.52. The van der Waals surface area contributed by atoms with Crippen molar-refractivity contribution >= 4 is 5.95 Å². The molecule has 23 heavy (non-hydrogen) atoms. The highest BCUT2D eigenvalue weighted by atomic mass is 16.5. The molecule has 0 aromatic carbocycles. The number of morpholine rings is 1. The van der Waals surface area contributed by atoms with E-state index in [9.17, 15) is 0 Å². The normalized spacial score (nSPS) is 32.0. The van der Waals surface area contributed by atoms with Gasteiger partial charge in [-0.2, -0.15) is 0 Å². The molecule has 0 radical (unpaired) electrons. The molecule has 0 unspecified atom stereocenters. The van der Waals surface area contributed by atoms with Gasteiger partial charge in [-0.1, -0.05) is 0 Å². The molecule has 4 rings (SSSR count). The van der Waals surface area contributed by atoms with Gasteiger partial charge in [0, 0.05) is 32.2 Å². The molecule has 1 saturated carbocycles. The fraction of sp³-hybridized carbons (Fsp3) is 0.765. The van der Waals surface area contributed by atoms with Crippen LogP contribution < -0.4 is 4.90 Å². The summed E-state index contributed by atoms with van der Waals surface area (Å²) in [6.07, 6.45) is 8.34. The lowest BCUT2D eigenvalue weighted by molar-refractivity contribution is -0.0863. The minimum atomic E-state index is 0.146. The Morgan fingerprint density at radius 1 is 1.09 bits per heavy atom. The maximum atomic E-state index is 6.25. The fourth-order valence-corrected chi connectivity index (χ4v) is 3.95. The van der Waals surface area contributed by atoms with Crippen molar-refractivity contribution in [3.05, 3.63) is 18.5 Å². The van der Waals surface area contributed by atoms with Crippen molar-refractivity contribution in [2.75, 3.05) is 37.9 Å². The van der Waals surface area contributed by atoms with Crippen molar-refractivity contribution in [2.45, 2.75) is 43.9 Å². The summed E-state index contributed by atoms with van der Waals surface area (Å²) in [7, 11) is 0. The number of ether oxygens (including phenoxy) is 3. The number of nitrogens with zero attached hydrogens (tertiary/aromatic N) is 3. The Bertz CT molecular complexity index is 495. The van der Waals surface area contributed by atoms with E-state index < -0.39 is 0 Å². The number of anilines is 1. The van der Waals surface area contributed by atoms with E-state index in [2.05, 4.69) is 14.9 Å². The Hall–Kier alpha value is -1.24. The molecule has 3 atom stereocenters. The molecule has 2 aliphatic heterocycles. The molecular formula is C17H25N3O3. The zero-order valence-corrected chi connectivity index (χ0v) is 13.5. The van der Waals surface area contributed by atoms with Crippen molar-refractivity contribution in [1.29, 1.82) is 0 Å². The summed E-state index contributed by atoms with van der Waals surface area (Å²) < 4.78 is 17.7. The quantitative estimate of drug-likeness (QED) is 0.841. The summed E-state index contributed by atoms with van der Waals surface area (Å²) in [4.78, 5) is 11.1. The van der Waals surface area contributed by atoms with Crippen molar-refractivity contribution in [2.24, 2.45) is 5.92 Å². The largest absolute Gasteiger partial charge is 0.381 e. The van der Waals surface area contributed by atoms with Crippen molar-refractivity contribution < 1.29 is 14.2 Å². The first kappa shape index (κ1) is 15.3. The molecule has 1 aromatic heterocycles. The highest BCUT2D eigenvalue weighted by Gasteiger charge is 2.44. The smallest absolute Gasteiger partial charge is 0.225 e. The minimum absolute atomic E-state index is 0.146. The van der Waals surface area contributed by atoms with Gasteiger partial charge in [0.25, 0.3) is 0 Å². The average molecular weight is 319 g/mol. The number of aromatic nitrogens is 2. The predicted molar refractivity (Wildman–Crippen MR) is 85.4 cm³/mol. The number of fused-ring (bicyclic) bond motifs is 1. The summed E-state index contributed by atoms with van der Waals surface area (Å²) in [5.41, 5.74) is 0. The summed E-state index contributed by atoms with van der Waals surface area (Å²) in [6, 6.07) is 2.20. The standard InChI is InChI=1S/C17H25N3O3/c1-6-18-17(19-7-1)20-8-11-22-16-14(20)2-3-15(16)23-12-13-4-9-21-10-5-13/h1,6-7,13-16H,2-5,8-12H2/t14-,15+,16+/m0/s1. The molecule has 0 spiro atoms. The molecule has 3 fully saturated rings. The van der Waals surface area contributed by atoms with E-state index in [1.54, 1.807) is 12.4 Å². The van der Waals surface area contributed by atoms with Crippen molar-refractivity contribution in [3.63, 3.8) is 0 Å². The fourth-order valence-electron chi connectivity index (χ4n) is 3.95. The maximum absolute atomic E-state index is 6.25. The molecule has 1 aliphatic carbocycles. The summed E-state index contributed by atoms with van der Waals surface area (Å²) in [5.74, 6) is 1.45. The van der Waals surface area contributed by atoms with Crippen molar-refractivity contribution in [1.82, 2.24) is 9.97 Å². The first-order chi connectivity index (χ1) is 11.4. The van der Waals surface area contributed by atoms with Gasteiger partial charge in [-0.3, -0.25) is 0 Å². The Labute approximate surface area is 137 Å². The van der Waals surface area contributed by atoms with Crippen molar-refractivity contribution in [3.8, 4) is 0 Å². The predicted octanol–water partition coefficient (Wildman–Crippen LogP) is 1.66. The van der Waals surface area contributed by atoms with Crippen LogP contribution >= 0.6 is 0 Å². The molecule has 126 valence electrons. The second-order valence-corrected chi connectivity index (χ2v) is 6.65. The SMILES string of the molecule is c1cnc(N2CCO[C@H]3[C@H](OCC4CCOCC4)CC[C@@H]32)nc1. The first-order valence-corrected chi connectivity index (χ1v) is 8.76. The van der Waals surface area contributed by atoms with E-state index >= 15 is 0 Å². The van der Waals surface area contributed by atoms with Gasteiger partial charge in [-0.25, -0.2) is 9.97 Å². The summed E-state index contributed by atoms with van der Waals surface area (Å²) >= 11 is 0. The van der Waals surface area contributed by atoms with Gasteiger partial charge in [-0.15, -0.1) is 0 Å². The average Bonchev–Trinajstić information content (AvgIpc) is 3.05. The Morgan fingerprint density at radius 2 is 1.91 bits per heavy atom. The van der Waals surface area contributed by atoms with E-state index in [4.69, 9.17) is 14.2 Å². The van der Waals surface area contributed by atoms with Crippen LogP contribution in [0.15, 0.2) is 18.5 Å². The molecule has 0 bridgehead atoms. The summed E-state index contributed by atoms with van der Waals surface area (Å²) in [5, 5.41) is 0. The van der Waals surface area contributed by atoms with Crippen LogP contribution in [-0.4, -0.2) is 61.2 Å². The van der Waals surface area contributed by atoms with Crippen LogP contribution in [0.2, 0.25) is 0 Å². The lowest BCUT2D eigenvalue weighted by Gasteiger charge is -2.39. The molecule has 1 aromatic rings. The molecule has 6 heteroatoms. The van der Waals surface area contributed by atoms with Crippen LogP contribution in [-0.2, 0) is 14.2 Å². The lowest BCUT2D eigenvalue weighted by atomic mass is 10.0. The zero-order valence-electron chi connectivity index (χ0n) is 13.5. The maximum Gasteiger partial charge on any atom is 0.225 e. The number of hydrogen-bond donors (Lipinski definition) is 0. The number of hydrogen-bond acceptors (Lipinski definition) is 6. The topological polar surface area (TPSA) is 56.7 Å². The third-order valence-electron chi connectivity index (χ3n) is 5.23. The monoisotopic (exact) mass is 319 g/mol. The summed E-state index contributed by atoms with van der Waals surface area (Å²) in [6.45, 7) is 4.16. The molecule has 3 aliphatic rings. The minimum Gasteiger partial charge on any atom is -0.381 e. The van der Waals surface area contributed by atoms with Crippen LogP contribution in [0, 0.1) is 5.92 Å². The Morgan fingerprint density at radius 3 is 2.74 bits per heavy atom. The van der Waals surface area contributed by atoms with Gasteiger partial charge >= 0.3 is 0 Å². The van der Waals surface area contributed by atoms with E-state index in [1.807, 2.05) is 6.07 Å². The molecule has 3 heterocycles. The van der Waals surface area contributed by atoms with E-state index in [1.165, 1.54) is 0 Å². The second-order valence-electron chi connectivity index (χ2n) is 6.65. The Kier molecular flexibility index (Phi) is 4.73. The van der Waals surface area contributed by atoms with Crippen LogP contribution in [0.1, 0.15) is 25.7 Å². The van der Waals surface area contributed by atoms with Crippen LogP contribution in [0.3, 0.4) is 0 Å². The van der Waals surface area contributed by atoms with Crippen LogP contribution in [0.4, 0.5) is 5.95 Å². The highest BCUT2D eigenvalue weighted by Crippen LogP contribution is 2.34. The molecule has 6 nitrogen and oxygen atoms in total. The number of rotatable bonds is 4. The van der Waals surface area contributed by atoms with Gasteiger partial charge in [0.15, 0.2) is 0 Å². The van der Waals surface area contributed by atoms with E-state index in [-0.39, 0.29) is 12.2 Å². The zero-order chi connectivity index (χ0) is 15.5. The third kappa shape index (κ3) is 3.34. The van der Waals surface area contributed by atoms with Crippen LogP contribution in [0.25, 0.3) is 0 Å². The molecule has 0 N–H and O–H groups in total.